The molecule has 0 fully saturated rings. The van der Waals surface area contributed by atoms with E-state index < -0.39 is 5.97 Å². The Balaban J connectivity index is 2.14. The standard InChI is InChI=1S/C17H19NO5/c1-4-14-13(17(20)21)9-15(23-14)16(19)18(2)10-11-5-7-12(22-3)8-6-11/h5-9H,4,10H2,1-3H3,(H,20,21). The Kier molecular flexibility index (Phi) is 5.05. The molecule has 6 nitrogen and oxygen atoms in total. The van der Waals surface area contributed by atoms with Gasteiger partial charge in [-0.3, -0.25) is 4.79 Å². The molecule has 1 aromatic heterocycles. The van der Waals surface area contributed by atoms with E-state index in [2.05, 4.69) is 0 Å². The molecule has 0 bridgehead atoms. The van der Waals surface area contributed by atoms with Gasteiger partial charge in [0.25, 0.3) is 5.91 Å². The largest absolute Gasteiger partial charge is 0.497 e. The van der Waals surface area contributed by atoms with Crippen LogP contribution in [0.15, 0.2) is 34.7 Å². The van der Waals surface area contributed by atoms with Gasteiger partial charge in [-0.1, -0.05) is 19.1 Å². The van der Waals surface area contributed by atoms with E-state index in [1.54, 1.807) is 21.1 Å². The normalized spacial score (nSPS) is 10.4. The minimum Gasteiger partial charge on any atom is -0.497 e. The van der Waals surface area contributed by atoms with E-state index in [0.29, 0.717) is 18.7 Å². The van der Waals surface area contributed by atoms with Gasteiger partial charge in [0.15, 0.2) is 5.76 Å². The van der Waals surface area contributed by atoms with Crippen LogP contribution in [0, 0.1) is 0 Å². The Bertz CT molecular complexity index is 702. The smallest absolute Gasteiger partial charge is 0.339 e. The molecule has 122 valence electrons. The summed E-state index contributed by atoms with van der Waals surface area (Å²) in [5, 5.41) is 9.12. The number of aromatic carboxylic acids is 1. The van der Waals surface area contributed by atoms with Crippen LogP contribution >= 0.6 is 0 Å². The van der Waals surface area contributed by atoms with E-state index in [0.717, 1.165) is 11.3 Å². The Labute approximate surface area is 134 Å². The fourth-order valence-electron chi connectivity index (χ4n) is 2.24. The van der Waals surface area contributed by atoms with Crippen molar-refractivity contribution in [2.75, 3.05) is 14.2 Å². The van der Waals surface area contributed by atoms with Crippen molar-refractivity contribution in [1.82, 2.24) is 4.90 Å². The molecule has 0 aliphatic carbocycles. The zero-order chi connectivity index (χ0) is 17.0. The van der Waals surface area contributed by atoms with E-state index in [1.807, 2.05) is 24.3 Å². The molecule has 2 aromatic rings. The van der Waals surface area contributed by atoms with Gasteiger partial charge in [0.05, 0.1) is 7.11 Å². The topological polar surface area (TPSA) is 80.0 Å². The lowest BCUT2D eigenvalue weighted by molar-refractivity contribution is 0.0693. The highest BCUT2D eigenvalue weighted by Gasteiger charge is 2.22. The van der Waals surface area contributed by atoms with Crippen LogP contribution in [-0.4, -0.2) is 36.0 Å². The van der Waals surface area contributed by atoms with Crippen molar-refractivity contribution in [2.24, 2.45) is 0 Å². The molecule has 0 spiro atoms. The van der Waals surface area contributed by atoms with Gasteiger partial charge >= 0.3 is 5.97 Å². The summed E-state index contributed by atoms with van der Waals surface area (Å²) >= 11 is 0. The molecule has 1 N–H and O–H groups in total. The van der Waals surface area contributed by atoms with E-state index >= 15 is 0 Å². The molecule has 2 rings (SSSR count). The first-order valence-corrected chi connectivity index (χ1v) is 7.20. The third kappa shape index (κ3) is 3.71. The average Bonchev–Trinajstić information content (AvgIpc) is 2.99. The van der Waals surface area contributed by atoms with Gasteiger partial charge in [-0.25, -0.2) is 4.79 Å². The van der Waals surface area contributed by atoms with E-state index in [9.17, 15) is 9.59 Å². The maximum absolute atomic E-state index is 12.4. The number of furan rings is 1. The first-order valence-electron chi connectivity index (χ1n) is 7.20. The van der Waals surface area contributed by atoms with Crippen molar-refractivity contribution < 1.29 is 23.8 Å². The van der Waals surface area contributed by atoms with Crippen LogP contribution in [0.3, 0.4) is 0 Å². The second-order valence-electron chi connectivity index (χ2n) is 5.12. The maximum atomic E-state index is 12.4. The molecule has 1 aromatic carbocycles. The molecule has 23 heavy (non-hydrogen) atoms. The Hall–Kier alpha value is -2.76. The fraction of sp³-hybridized carbons (Fsp3) is 0.294. The predicted molar refractivity (Wildman–Crippen MR) is 83.8 cm³/mol. The minimum absolute atomic E-state index is 0.0358. The number of carboxylic acids is 1. The fourth-order valence-corrected chi connectivity index (χ4v) is 2.24. The zero-order valence-electron chi connectivity index (χ0n) is 13.3. The summed E-state index contributed by atoms with van der Waals surface area (Å²) in [7, 11) is 3.23. The molecule has 0 aliphatic heterocycles. The van der Waals surface area contributed by atoms with Crippen LogP contribution < -0.4 is 4.74 Å². The van der Waals surface area contributed by atoms with Gasteiger partial charge in [-0.2, -0.15) is 0 Å². The van der Waals surface area contributed by atoms with Crippen LogP contribution in [0.1, 0.15) is 39.2 Å². The Morgan fingerprint density at radius 2 is 1.91 bits per heavy atom. The molecule has 1 heterocycles. The number of methoxy groups -OCH3 is 1. The van der Waals surface area contributed by atoms with Crippen molar-refractivity contribution in [3.05, 3.63) is 53.0 Å². The molecular weight excluding hydrogens is 298 g/mol. The van der Waals surface area contributed by atoms with E-state index in [1.165, 1.54) is 11.0 Å². The summed E-state index contributed by atoms with van der Waals surface area (Å²) in [6.45, 7) is 2.16. The van der Waals surface area contributed by atoms with Crippen LogP contribution in [-0.2, 0) is 13.0 Å². The lowest BCUT2D eigenvalue weighted by atomic mass is 10.2. The summed E-state index contributed by atoms with van der Waals surface area (Å²) < 4.78 is 10.5. The molecular formula is C17H19NO5. The first-order chi connectivity index (χ1) is 11.0. The summed E-state index contributed by atoms with van der Waals surface area (Å²) in [4.78, 5) is 25.0. The van der Waals surface area contributed by atoms with Gasteiger partial charge in [-0.05, 0) is 17.7 Å². The van der Waals surface area contributed by atoms with Crippen molar-refractivity contribution >= 4 is 11.9 Å². The highest BCUT2D eigenvalue weighted by molar-refractivity contribution is 5.96. The highest BCUT2D eigenvalue weighted by Crippen LogP contribution is 2.19. The number of hydrogen-bond acceptors (Lipinski definition) is 4. The van der Waals surface area contributed by atoms with E-state index in [4.69, 9.17) is 14.3 Å². The lowest BCUT2D eigenvalue weighted by Crippen LogP contribution is -2.25. The number of benzene rings is 1. The lowest BCUT2D eigenvalue weighted by Gasteiger charge is -2.16. The number of nitrogens with zero attached hydrogens (tertiary/aromatic N) is 1. The van der Waals surface area contributed by atoms with Gasteiger partial charge in [-0.15, -0.1) is 0 Å². The monoisotopic (exact) mass is 317 g/mol. The third-order valence-corrected chi connectivity index (χ3v) is 3.50. The van der Waals surface area contributed by atoms with Gasteiger partial charge in [0.2, 0.25) is 0 Å². The average molecular weight is 317 g/mol. The Morgan fingerprint density at radius 3 is 2.39 bits per heavy atom. The first kappa shape index (κ1) is 16.6. The minimum atomic E-state index is -1.09. The van der Waals surface area contributed by atoms with Crippen molar-refractivity contribution in [2.45, 2.75) is 19.9 Å². The van der Waals surface area contributed by atoms with Crippen molar-refractivity contribution in [1.29, 1.82) is 0 Å². The number of ether oxygens (including phenoxy) is 1. The third-order valence-electron chi connectivity index (χ3n) is 3.50. The number of aryl methyl sites for hydroxylation is 1. The second kappa shape index (κ2) is 7.00. The maximum Gasteiger partial charge on any atom is 0.339 e. The number of carboxylic acid groups (broad SMARTS) is 1. The zero-order valence-corrected chi connectivity index (χ0v) is 13.3. The number of carbonyl (C=O) groups is 2. The van der Waals surface area contributed by atoms with Crippen LogP contribution in [0.25, 0.3) is 0 Å². The summed E-state index contributed by atoms with van der Waals surface area (Å²) in [5.41, 5.74) is 0.969. The number of carbonyl (C=O) groups excluding carboxylic acids is 1. The van der Waals surface area contributed by atoms with Crippen LogP contribution in [0.4, 0.5) is 0 Å². The quantitative estimate of drug-likeness (QED) is 0.886. The SMILES string of the molecule is CCc1oc(C(=O)N(C)Cc2ccc(OC)cc2)cc1C(=O)O. The predicted octanol–water partition coefficient (Wildman–Crippen LogP) is 2.82. The summed E-state index contributed by atoms with van der Waals surface area (Å²) in [6.07, 6.45) is 0.414. The molecule has 0 saturated carbocycles. The molecule has 1 amide bonds. The molecule has 0 atom stereocenters. The second-order valence-corrected chi connectivity index (χ2v) is 5.12. The van der Waals surface area contributed by atoms with Crippen molar-refractivity contribution in [3.63, 3.8) is 0 Å². The van der Waals surface area contributed by atoms with E-state index in [-0.39, 0.29) is 17.2 Å². The molecule has 6 heteroatoms. The molecule has 0 radical (unpaired) electrons. The summed E-state index contributed by atoms with van der Waals surface area (Å²) in [5.74, 6) is -0.369. The molecule has 0 aliphatic rings. The van der Waals surface area contributed by atoms with Crippen LogP contribution in [0.2, 0.25) is 0 Å². The Morgan fingerprint density at radius 1 is 1.26 bits per heavy atom. The number of hydrogen-bond donors (Lipinski definition) is 1. The van der Waals surface area contributed by atoms with Gasteiger partial charge < -0.3 is 19.2 Å². The summed E-state index contributed by atoms with van der Waals surface area (Å²) in [6, 6.07) is 8.65. The van der Waals surface area contributed by atoms with Crippen LogP contribution in [0.5, 0.6) is 5.75 Å². The molecule has 0 saturated heterocycles. The van der Waals surface area contributed by atoms with Gasteiger partial charge in [0.1, 0.15) is 17.1 Å². The van der Waals surface area contributed by atoms with Gasteiger partial charge in [0, 0.05) is 26.1 Å². The molecule has 0 unspecified atom stereocenters. The highest BCUT2D eigenvalue weighted by atomic mass is 16.5. The number of rotatable bonds is 6. The van der Waals surface area contributed by atoms with Crippen molar-refractivity contribution in [3.8, 4) is 5.75 Å². The number of amides is 1.